The molecule has 1 fully saturated rings. The van der Waals surface area contributed by atoms with E-state index in [-0.39, 0.29) is 12.5 Å². The van der Waals surface area contributed by atoms with Gasteiger partial charge in [-0.25, -0.2) is 0 Å². The van der Waals surface area contributed by atoms with Gasteiger partial charge in [-0.05, 0) is 53.6 Å². The summed E-state index contributed by atoms with van der Waals surface area (Å²) in [5, 5.41) is 9.28. The molecule has 18 heavy (non-hydrogen) atoms. The van der Waals surface area contributed by atoms with Crippen LogP contribution in [-0.2, 0) is 14.3 Å². The van der Waals surface area contributed by atoms with Crippen molar-refractivity contribution in [2.45, 2.75) is 19.3 Å². The van der Waals surface area contributed by atoms with Crippen molar-refractivity contribution >= 4 is 34.5 Å². The minimum atomic E-state index is -1.37. The molecule has 5 heteroatoms. The summed E-state index contributed by atoms with van der Waals surface area (Å²) in [6, 6.07) is 7.56. The number of esters is 1. The molecular weight excluding hydrogens is 347 g/mol. The zero-order valence-electron chi connectivity index (χ0n) is 9.85. The second-order valence-electron chi connectivity index (χ2n) is 4.31. The van der Waals surface area contributed by atoms with E-state index in [0.29, 0.717) is 6.42 Å². The van der Waals surface area contributed by atoms with Crippen LogP contribution in [-0.4, -0.2) is 23.7 Å². The average molecular weight is 360 g/mol. The number of halogens is 1. The highest BCUT2D eigenvalue weighted by molar-refractivity contribution is 14.1. The van der Waals surface area contributed by atoms with E-state index in [1.165, 1.54) is 0 Å². The molecule has 0 aromatic heterocycles. The van der Waals surface area contributed by atoms with Crippen molar-refractivity contribution in [2.75, 3.05) is 6.61 Å². The molecule has 0 spiro atoms. The van der Waals surface area contributed by atoms with Crippen molar-refractivity contribution in [3.8, 4) is 0 Å². The van der Waals surface area contributed by atoms with Crippen molar-refractivity contribution in [1.29, 1.82) is 0 Å². The molecule has 0 heterocycles. The number of carboxylic acid groups (broad SMARTS) is 1. The Morgan fingerprint density at radius 3 is 2.56 bits per heavy atom. The van der Waals surface area contributed by atoms with Crippen LogP contribution in [0, 0.1) is 8.99 Å². The molecule has 2 rings (SSSR count). The highest BCUT2D eigenvalue weighted by Gasteiger charge is 2.68. The summed E-state index contributed by atoms with van der Waals surface area (Å²) >= 11 is 2.18. The number of hydrogen-bond acceptors (Lipinski definition) is 3. The van der Waals surface area contributed by atoms with Gasteiger partial charge in [0.15, 0.2) is 5.41 Å². The van der Waals surface area contributed by atoms with Gasteiger partial charge in [0.25, 0.3) is 0 Å². The van der Waals surface area contributed by atoms with E-state index in [1.807, 2.05) is 24.3 Å². The molecule has 2 atom stereocenters. The van der Waals surface area contributed by atoms with Gasteiger partial charge < -0.3 is 9.84 Å². The first kappa shape index (κ1) is 13.3. The number of aliphatic carboxylic acids is 1. The summed E-state index contributed by atoms with van der Waals surface area (Å²) < 4.78 is 5.96. The predicted molar refractivity (Wildman–Crippen MR) is 73.2 cm³/mol. The quantitative estimate of drug-likeness (QED) is 0.509. The maximum absolute atomic E-state index is 11.8. The summed E-state index contributed by atoms with van der Waals surface area (Å²) in [4.78, 5) is 23.2. The van der Waals surface area contributed by atoms with Crippen molar-refractivity contribution in [2.24, 2.45) is 5.41 Å². The molecule has 1 saturated carbocycles. The third-order valence-corrected chi connectivity index (χ3v) is 3.97. The molecule has 1 aliphatic carbocycles. The van der Waals surface area contributed by atoms with Crippen LogP contribution in [0.2, 0.25) is 0 Å². The van der Waals surface area contributed by atoms with Crippen molar-refractivity contribution in [3.63, 3.8) is 0 Å². The van der Waals surface area contributed by atoms with Crippen molar-refractivity contribution in [1.82, 2.24) is 0 Å². The Morgan fingerprint density at radius 2 is 2.06 bits per heavy atom. The summed E-state index contributed by atoms with van der Waals surface area (Å²) in [7, 11) is 0. The fourth-order valence-corrected chi connectivity index (χ4v) is 2.53. The number of benzene rings is 1. The average Bonchev–Trinajstić information content (AvgIpc) is 3.07. The smallest absolute Gasteiger partial charge is 0.324 e. The van der Waals surface area contributed by atoms with Gasteiger partial charge in [-0.15, -0.1) is 0 Å². The highest BCUT2D eigenvalue weighted by Crippen LogP contribution is 2.60. The van der Waals surface area contributed by atoms with Gasteiger partial charge in [-0.2, -0.15) is 0 Å². The normalized spacial score (nSPS) is 25.6. The fourth-order valence-electron chi connectivity index (χ4n) is 2.17. The lowest BCUT2D eigenvalue weighted by Crippen LogP contribution is -2.29. The molecule has 0 aliphatic heterocycles. The number of carboxylic acids is 1. The van der Waals surface area contributed by atoms with E-state index in [1.54, 1.807) is 6.92 Å². The number of carbonyl (C=O) groups excluding carboxylic acids is 1. The lowest BCUT2D eigenvalue weighted by molar-refractivity contribution is -0.161. The number of ether oxygens (including phenoxy) is 1. The lowest BCUT2D eigenvalue weighted by Gasteiger charge is -2.11. The number of rotatable bonds is 4. The maximum atomic E-state index is 11.8. The van der Waals surface area contributed by atoms with E-state index in [2.05, 4.69) is 22.6 Å². The summed E-state index contributed by atoms with van der Waals surface area (Å²) in [5.74, 6) is -1.99. The van der Waals surface area contributed by atoms with Crippen molar-refractivity contribution < 1.29 is 19.4 Å². The van der Waals surface area contributed by atoms with E-state index < -0.39 is 17.4 Å². The predicted octanol–water partition coefficient (Wildman–Crippen LogP) is 2.41. The largest absolute Gasteiger partial charge is 0.480 e. The first-order valence-electron chi connectivity index (χ1n) is 5.68. The molecular formula is C13H13IO4. The number of hydrogen-bond donors (Lipinski definition) is 1. The first-order valence-corrected chi connectivity index (χ1v) is 6.76. The van der Waals surface area contributed by atoms with Gasteiger partial charge in [0.05, 0.1) is 6.61 Å². The molecule has 1 aromatic carbocycles. The topological polar surface area (TPSA) is 63.6 Å². The van der Waals surface area contributed by atoms with Crippen LogP contribution in [0.3, 0.4) is 0 Å². The second-order valence-corrected chi connectivity index (χ2v) is 5.55. The summed E-state index contributed by atoms with van der Waals surface area (Å²) in [6.07, 6.45) is 0.321. The molecule has 2 unspecified atom stereocenters. The minimum Gasteiger partial charge on any atom is -0.480 e. The van der Waals surface area contributed by atoms with Gasteiger partial charge in [0.2, 0.25) is 0 Å². The van der Waals surface area contributed by atoms with Gasteiger partial charge in [0.1, 0.15) is 0 Å². The maximum Gasteiger partial charge on any atom is 0.324 e. The molecule has 0 bridgehead atoms. The Kier molecular flexibility index (Phi) is 3.61. The highest BCUT2D eigenvalue weighted by atomic mass is 127. The molecule has 0 saturated heterocycles. The van der Waals surface area contributed by atoms with Crippen LogP contribution >= 0.6 is 22.6 Å². The zero-order chi connectivity index (χ0) is 13.3. The zero-order valence-corrected chi connectivity index (χ0v) is 12.0. The Balaban J connectivity index is 2.25. The summed E-state index contributed by atoms with van der Waals surface area (Å²) in [5.41, 5.74) is -0.492. The van der Waals surface area contributed by atoms with Gasteiger partial charge in [-0.3, -0.25) is 9.59 Å². The Hall–Kier alpha value is -1.11. The Morgan fingerprint density at radius 1 is 1.44 bits per heavy atom. The third-order valence-electron chi connectivity index (χ3n) is 3.25. The molecule has 0 radical (unpaired) electrons. The van der Waals surface area contributed by atoms with Crippen LogP contribution in [0.4, 0.5) is 0 Å². The summed E-state index contributed by atoms with van der Waals surface area (Å²) in [6.45, 7) is 1.88. The van der Waals surface area contributed by atoms with Gasteiger partial charge in [0, 0.05) is 9.49 Å². The van der Waals surface area contributed by atoms with Crippen LogP contribution in [0.25, 0.3) is 0 Å². The molecule has 4 nitrogen and oxygen atoms in total. The van der Waals surface area contributed by atoms with Crippen LogP contribution in [0.15, 0.2) is 24.3 Å². The van der Waals surface area contributed by atoms with E-state index in [0.717, 1.165) is 9.13 Å². The van der Waals surface area contributed by atoms with Crippen LogP contribution in [0.1, 0.15) is 24.8 Å². The molecule has 96 valence electrons. The van der Waals surface area contributed by atoms with Crippen molar-refractivity contribution in [3.05, 3.63) is 33.4 Å². The third kappa shape index (κ3) is 2.11. The Bertz CT molecular complexity index is 482. The van der Waals surface area contributed by atoms with Gasteiger partial charge >= 0.3 is 11.9 Å². The van der Waals surface area contributed by atoms with Crippen LogP contribution in [0.5, 0.6) is 0 Å². The van der Waals surface area contributed by atoms with Crippen LogP contribution < -0.4 is 0 Å². The minimum absolute atomic E-state index is 0.202. The van der Waals surface area contributed by atoms with E-state index in [4.69, 9.17) is 4.74 Å². The van der Waals surface area contributed by atoms with E-state index in [9.17, 15) is 14.7 Å². The molecule has 1 aliphatic rings. The number of carbonyl (C=O) groups is 2. The lowest BCUT2D eigenvalue weighted by atomic mass is 9.99. The second kappa shape index (κ2) is 4.87. The SMILES string of the molecule is CCOC(=O)C1(C(=O)O)CC1c1ccc(I)cc1. The monoisotopic (exact) mass is 360 g/mol. The standard InChI is InChI=1S/C13H13IO4/c1-2-18-12(17)13(11(15)16)7-10(13)8-3-5-9(14)6-4-8/h3-6,10H,2,7H2,1H3,(H,15,16). The molecule has 0 amide bonds. The fraction of sp³-hybridized carbons (Fsp3) is 0.385. The van der Waals surface area contributed by atoms with E-state index >= 15 is 0 Å². The molecule has 1 aromatic rings. The Labute approximate surface area is 118 Å². The first-order chi connectivity index (χ1) is 8.52. The van der Waals surface area contributed by atoms with Gasteiger partial charge in [-0.1, -0.05) is 12.1 Å². The molecule has 1 N–H and O–H groups in total.